The van der Waals surface area contributed by atoms with Gasteiger partial charge in [0.1, 0.15) is 0 Å². The molecule has 2 radical (unpaired) electrons. The topological polar surface area (TPSA) is 0 Å². The molecule has 20 rings (SSSR count). The molecule has 0 nitrogen and oxygen atoms in total. The minimum absolute atomic E-state index is 0.420. The summed E-state index contributed by atoms with van der Waals surface area (Å²) in [5, 5.41) is 0.420. The lowest BCUT2D eigenvalue weighted by molar-refractivity contribution is -0.878. The van der Waals surface area contributed by atoms with E-state index in [4.69, 9.17) is 7.85 Å². The lowest BCUT2D eigenvalue weighted by atomic mass is 8.67. The largest absolute Gasteiger partial charge is 0.0763 e. The molecule has 0 aromatic carbocycles. The maximum absolute atomic E-state index is 8.13. The van der Waals surface area contributed by atoms with Crippen LogP contribution in [0.4, 0.5) is 0 Å². The normalized spacial score (nSPS) is 114. The predicted octanol–water partition coefficient (Wildman–Crippen LogP) is 4.22. The molecule has 0 heterocycles. The van der Waals surface area contributed by atoms with Crippen molar-refractivity contribution < 1.29 is 0 Å². The third-order valence-corrected chi connectivity index (χ3v) is 25.7. The van der Waals surface area contributed by atoms with Crippen molar-refractivity contribution in [2.45, 2.75) is 31.0 Å². The van der Waals surface area contributed by atoms with Crippen molar-refractivity contribution in [2.75, 3.05) is 0 Å². The van der Waals surface area contributed by atoms with Crippen LogP contribution >= 0.6 is 0 Å². The van der Waals surface area contributed by atoms with E-state index in [0.29, 0.717) is 5.31 Å². The highest BCUT2D eigenvalue weighted by Crippen LogP contribution is 3.37. The molecule has 174 valence electrons. The van der Waals surface area contributed by atoms with Gasteiger partial charge in [0.05, 0.1) is 7.85 Å². The molecule has 0 bridgehead atoms. The first-order chi connectivity index (χ1) is 17.8. The van der Waals surface area contributed by atoms with Crippen LogP contribution in [0, 0.1) is 174 Å². The first-order valence-electron chi connectivity index (χ1n) is 17.6. The van der Waals surface area contributed by atoms with E-state index < -0.39 is 0 Å². The maximum Gasteiger partial charge on any atom is 0.0763 e. The Hall–Kier alpha value is 0.0649. The van der Waals surface area contributed by atoms with Crippen molar-refractivity contribution in [3.8, 4) is 0 Å². The Morgan fingerprint density at radius 3 is 1.89 bits per heavy atom. The monoisotopic (exact) mass is 462 g/mol. The molecule has 20 aliphatic rings. The van der Waals surface area contributed by atoms with Crippen molar-refractivity contribution >= 4 is 7.85 Å². The van der Waals surface area contributed by atoms with Crippen molar-refractivity contribution in [1.82, 2.24) is 0 Å². The van der Waals surface area contributed by atoms with Crippen LogP contribution in [0.3, 0.4) is 0 Å². The van der Waals surface area contributed by atoms with E-state index in [0.717, 1.165) is 49.7 Å². The van der Waals surface area contributed by atoms with Gasteiger partial charge in [-0.3, -0.25) is 0 Å². The Balaban J connectivity index is 0.862. The lowest BCUT2D eigenvalue weighted by Gasteiger charge is -3.35. The first kappa shape index (κ1) is 14.6. The molecule has 20 aliphatic carbocycles. The number of fused-ring (bicyclic) bond motifs is 23. The minimum atomic E-state index is 0.420. The van der Waals surface area contributed by atoms with E-state index in [1.54, 1.807) is 25.7 Å². The lowest BCUT2D eigenvalue weighted by Crippen LogP contribution is -3.32. The second kappa shape index (κ2) is 2.78. The summed E-state index contributed by atoms with van der Waals surface area (Å²) < 4.78 is 0. The van der Waals surface area contributed by atoms with Gasteiger partial charge < -0.3 is 0 Å². The molecule has 30 unspecified atom stereocenters. The third-order valence-electron chi connectivity index (χ3n) is 25.7. The highest BCUT2D eigenvalue weighted by atomic mass is 15.4. The van der Waals surface area contributed by atoms with Crippen molar-refractivity contribution in [3.05, 3.63) is 0 Å². The standard InChI is InChI=1S/C35H31B/c36-34-26-20-15-13-11-7-2-1-6(7)10(11)12(13)14-18(15)29(20)19(14)22-24-23-21-16-8-3-5-4-9-17-25-27(34)33(23,35(24,34)32(22,26)29)31(21,25)30(16,17)28(5,8)9/h5-27H,1-4H2/t5?,6?,7?,8?,9?,10?,11?,12?,13?,14?,15?,16?,17?,18?,19?,20?,21?,22?,23?,24?,25?,26?,27?,28?,29?,30?,31?,32?,33?,34-,35?/m1/s1. The molecule has 0 aromatic rings. The molecule has 0 amide bonds. The van der Waals surface area contributed by atoms with Gasteiger partial charge in [0, 0.05) is 0 Å². The van der Waals surface area contributed by atoms with Crippen LogP contribution in [0.1, 0.15) is 25.7 Å². The molecular weight excluding hydrogens is 431 g/mol. The predicted molar refractivity (Wildman–Crippen MR) is 124 cm³/mol. The Bertz CT molecular complexity index is 1680. The highest BCUT2D eigenvalue weighted by Gasteiger charge is 3.34. The van der Waals surface area contributed by atoms with Crippen LogP contribution in [0.2, 0.25) is 5.31 Å². The van der Waals surface area contributed by atoms with Crippen LogP contribution in [-0.2, 0) is 0 Å². The van der Waals surface area contributed by atoms with Gasteiger partial charge in [-0.1, -0.05) is 5.31 Å². The SMILES string of the molecule is [B][C@]12C3C4C5C6C7C8CCC8C7C6C6C5C45C6C4C6C7C8C9C%10CC%11CC%12C%13C%14C1C7(C8%14C9%13C%11%10%12)C62C435. The smallest absolute Gasteiger partial charge is 0.0518 e. The summed E-state index contributed by atoms with van der Waals surface area (Å²) in [6.07, 6.45) is 6.71. The van der Waals surface area contributed by atoms with Gasteiger partial charge in [-0.25, -0.2) is 0 Å². The number of rotatable bonds is 0. The summed E-state index contributed by atoms with van der Waals surface area (Å²) in [7, 11) is 8.13. The molecule has 31 atom stereocenters. The van der Waals surface area contributed by atoms with E-state index in [1.807, 2.05) is 0 Å². The zero-order chi connectivity index (χ0) is 21.1. The average Bonchev–Trinajstić information content (AvgIpc) is 2.93. The molecule has 0 saturated heterocycles. The molecule has 1 heteroatoms. The molecule has 36 heavy (non-hydrogen) atoms. The third kappa shape index (κ3) is 0.511. The Morgan fingerprint density at radius 1 is 0.472 bits per heavy atom. The Labute approximate surface area is 212 Å². The molecular formula is C35H31B. The van der Waals surface area contributed by atoms with Crippen molar-refractivity contribution in [1.29, 1.82) is 0 Å². The number of hydrogen-bond donors (Lipinski definition) is 0. The fraction of sp³-hybridized carbons (Fsp3) is 1.00. The zero-order valence-corrected chi connectivity index (χ0v) is 20.7. The molecule has 0 aliphatic heterocycles. The van der Waals surface area contributed by atoms with E-state index in [9.17, 15) is 0 Å². The Morgan fingerprint density at radius 2 is 1.14 bits per heavy atom. The van der Waals surface area contributed by atoms with Gasteiger partial charge in [0.2, 0.25) is 0 Å². The summed E-state index contributed by atoms with van der Waals surface area (Å²) in [5.41, 5.74) is 6.69. The average molecular weight is 462 g/mol. The second-order valence-electron chi connectivity index (χ2n) is 21.0. The quantitative estimate of drug-likeness (QED) is 0.473. The fourth-order valence-electron chi connectivity index (χ4n) is 29.1. The van der Waals surface area contributed by atoms with E-state index in [1.165, 1.54) is 124 Å². The van der Waals surface area contributed by atoms with Gasteiger partial charge in [-0.05, 0) is 200 Å². The van der Waals surface area contributed by atoms with Crippen molar-refractivity contribution in [2.24, 2.45) is 174 Å². The summed E-state index contributed by atoms with van der Waals surface area (Å²) in [6.45, 7) is 0. The zero-order valence-electron chi connectivity index (χ0n) is 20.7. The highest BCUT2D eigenvalue weighted by molar-refractivity contribution is 6.21. The number of hydrogen-bond acceptors (Lipinski definition) is 0. The molecule has 20 fully saturated rings. The fourth-order valence-corrected chi connectivity index (χ4v) is 29.1. The van der Waals surface area contributed by atoms with Crippen LogP contribution in [0.5, 0.6) is 0 Å². The van der Waals surface area contributed by atoms with Gasteiger partial charge in [0.15, 0.2) is 0 Å². The van der Waals surface area contributed by atoms with Crippen molar-refractivity contribution in [3.63, 3.8) is 0 Å². The minimum Gasteiger partial charge on any atom is -0.0518 e. The maximum atomic E-state index is 8.13. The molecule has 20 saturated carbocycles. The second-order valence-corrected chi connectivity index (χ2v) is 21.0. The summed E-state index contributed by atoms with van der Waals surface area (Å²) >= 11 is 0. The summed E-state index contributed by atoms with van der Waals surface area (Å²) in [4.78, 5) is 0. The molecule has 0 aromatic heterocycles. The molecule has 0 N–H and O–H groups in total. The van der Waals surface area contributed by atoms with E-state index >= 15 is 0 Å². The van der Waals surface area contributed by atoms with Gasteiger partial charge in [-0.15, -0.1) is 0 Å². The van der Waals surface area contributed by atoms with Crippen LogP contribution < -0.4 is 0 Å². The van der Waals surface area contributed by atoms with E-state index in [-0.39, 0.29) is 0 Å². The summed E-state index contributed by atoms with van der Waals surface area (Å²) in [6, 6.07) is 0. The first-order valence-corrected chi connectivity index (χ1v) is 17.6. The van der Waals surface area contributed by atoms with Gasteiger partial charge in [0.25, 0.3) is 0 Å². The van der Waals surface area contributed by atoms with Crippen LogP contribution in [0.25, 0.3) is 0 Å². The van der Waals surface area contributed by atoms with Gasteiger partial charge in [-0.2, -0.15) is 0 Å². The Kier molecular flexibility index (Phi) is 1.13. The van der Waals surface area contributed by atoms with E-state index in [2.05, 4.69) is 0 Å². The van der Waals surface area contributed by atoms with Crippen LogP contribution in [-0.4, -0.2) is 7.85 Å². The molecule has 7 spiro atoms. The van der Waals surface area contributed by atoms with Crippen LogP contribution in [0.15, 0.2) is 0 Å². The summed E-state index contributed by atoms with van der Waals surface area (Å²) in [5.74, 6) is 28.7. The van der Waals surface area contributed by atoms with Gasteiger partial charge >= 0.3 is 0 Å².